The number of aryl methyl sites for hydroxylation is 1. The van der Waals surface area contributed by atoms with E-state index in [1.54, 1.807) is 6.92 Å². The van der Waals surface area contributed by atoms with Gasteiger partial charge in [-0.1, -0.05) is 5.16 Å². The number of carbonyl (C=O) groups is 1. The van der Waals surface area contributed by atoms with Crippen molar-refractivity contribution in [2.24, 2.45) is 0 Å². The molecule has 0 amide bonds. The van der Waals surface area contributed by atoms with Crippen LogP contribution in [-0.4, -0.2) is 27.3 Å². The van der Waals surface area contributed by atoms with Crippen LogP contribution in [-0.2, 0) is 16.1 Å². The molecule has 1 rings (SSSR count). The van der Waals surface area contributed by atoms with E-state index < -0.39 is 12.1 Å². The van der Waals surface area contributed by atoms with Crippen LogP contribution in [0.4, 0.5) is 0 Å². The van der Waals surface area contributed by atoms with Crippen molar-refractivity contribution in [3.63, 3.8) is 0 Å². The predicted molar refractivity (Wildman–Crippen MR) is 40.9 cm³/mol. The van der Waals surface area contributed by atoms with Gasteiger partial charge in [-0.05, 0) is 6.92 Å². The number of aliphatic carboxylic acids is 1. The number of rotatable bonds is 4. The van der Waals surface area contributed by atoms with Gasteiger partial charge in [0.05, 0.1) is 0 Å². The van der Waals surface area contributed by atoms with Gasteiger partial charge in [-0.25, -0.2) is 4.79 Å². The van der Waals surface area contributed by atoms with E-state index >= 15 is 0 Å². The Hall–Kier alpha value is -1.43. The first-order valence-electron chi connectivity index (χ1n) is 3.73. The minimum atomic E-state index is -1.01. The molecule has 0 aromatic carbocycles. The molecule has 1 N–H and O–H groups in total. The lowest BCUT2D eigenvalue weighted by Gasteiger charge is -2.04. The number of aromatic nitrogens is 2. The van der Waals surface area contributed by atoms with Crippen LogP contribution in [0.3, 0.4) is 0 Å². The van der Waals surface area contributed by atoms with Crippen molar-refractivity contribution in [1.29, 1.82) is 0 Å². The minimum Gasteiger partial charge on any atom is -0.479 e. The molecular formula is C7H10N2O4. The van der Waals surface area contributed by atoms with Crippen LogP contribution in [0, 0.1) is 6.92 Å². The molecule has 6 nitrogen and oxygen atoms in total. The average molecular weight is 186 g/mol. The smallest absolute Gasteiger partial charge is 0.332 e. The van der Waals surface area contributed by atoms with E-state index in [0.717, 1.165) is 0 Å². The second kappa shape index (κ2) is 3.99. The summed E-state index contributed by atoms with van der Waals surface area (Å²) in [5.41, 5.74) is 0. The Morgan fingerprint density at radius 2 is 2.46 bits per heavy atom. The maximum absolute atomic E-state index is 10.3. The highest BCUT2D eigenvalue weighted by molar-refractivity contribution is 5.71. The summed E-state index contributed by atoms with van der Waals surface area (Å²) in [6.45, 7) is 3.14. The summed E-state index contributed by atoms with van der Waals surface area (Å²) >= 11 is 0. The van der Waals surface area contributed by atoms with Gasteiger partial charge in [-0.15, -0.1) is 0 Å². The van der Waals surface area contributed by atoms with Gasteiger partial charge in [0.2, 0.25) is 5.89 Å². The molecule has 0 bridgehead atoms. The number of carboxylic acids is 1. The lowest BCUT2D eigenvalue weighted by Crippen LogP contribution is -2.19. The Morgan fingerprint density at radius 3 is 2.92 bits per heavy atom. The summed E-state index contributed by atoms with van der Waals surface area (Å²) in [6, 6.07) is 0. The molecule has 0 aliphatic heterocycles. The van der Waals surface area contributed by atoms with Gasteiger partial charge in [0.15, 0.2) is 11.9 Å². The highest BCUT2D eigenvalue weighted by Crippen LogP contribution is 2.00. The quantitative estimate of drug-likeness (QED) is 0.731. The molecule has 0 saturated carbocycles. The molecule has 13 heavy (non-hydrogen) atoms. The highest BCUT2D eigenvalue weighted by atomic mass is 16.5. The Labute approximate surface area is 74.5 Å². The average Bonchev–Trinajstić information content (AvgIpc) is 2.47. The number of hydrogen-bond donors (Lipinski definition) is 1. The van der Waals surface area contributed by atoms with Gasteiger partial charge in [0, 0.05) is 6.92 Å². The summed E-state index contributed by atoms with van der Waals surface area (Å²) in [6.07, 6.45) is -0.862. The molecule has 0 aliphatic carbocycles. The number of carboxylic acid groups (broad SMARTS) is 1. The van der Waals surface area contributed by atoms with Gasteiger partial charge in [0.1, 0.15) is 6.61 Å². The zero-order valence-electron chi connectivity index (χ0n) is 7.35. The van der Waals surface area contributed by atoms with Crippen LogP contribution >= 0.6 is 0 Å². The Kier molecular flexibility index (Phi) is 2.97. The zero-order chi connectivity index (χ0) is 9.84. The standard InChI is InChI=1S/C7H10N2O4/c1-4(7(10)11)12-3-6-8-5(2)13-9-6/h4H,3H2,1-2H3,(H,10,11)/t4-/m0/s1. The zero-order valence-corrected chi connectivity index (χ0v) is 7.35. The number of hydrogen-bond acceptors (Lipinski definition) is 5. The molecule has 72 valence electrons. The van der Waals surface area contributed by atoms with Crippen LogP contribution < -0.4 is 0 Å². The maximum Gasteiger partial charge on any atom is 0.332 e. The van der Waals surface area contributed by atoms with E-state index in [-0.39, 0.29) is 6.61 Å². The minimum absolute atomic E-state index is 0.0464. The summed E-state index contributed by atoms with van der Waals surface area (Å²) in [5.74, 6) is -0.229. The summed E-state index contributed by atoms with van der Waals surface area (Å²) < 4.78 is 9.59. The highest BCUT2D eigenvalue weighted by Gasteiger charge is 2.12. The molecule has 0 radical (unpaired) electrons. The van der Waals surface area contributed by atoms with Gasteiger partial charge in [0.25, 0.3) is 0 Å². The fourth-order valence-corrected chi connectivity index (χ4v) is 0.671. The summed E-state index contributed by atoms with van der Waals surface area (Å²) in [7, 11) is 0. The molecule has 1 heterocycles. The van der Waals surface area contributed by atoms with E-state index in [9.17, 15) is 4.79 Å². The Morgan fingerprint density at radius 1 is 1.77 bits per heavy atom. The predicted octanol–water partition coefficient (Wildman–Crippen LogP) is 0.368. The van der Waals surface area contributed by atoms with Gasteiger partial charge in [-0.3, -0.25) is 0 Å². The molecule has 1 aromatic heterocycles. The van der Waals surface area contributed by atoms with Crippen molar-refractivity contribution in [3.8, 4) is 0 Å². The van der Waals surface area contributed by atoms with Crippen molar-refractivity contribution >= 4 is 5.97 Å². The first-order valence-corrected chi connectivity index (χ1v) is 3.73. The molecule has 0 aliphatic rings. The Bertz CT molecular complexity index is 296. The van der Waals surface area contributed by atoms with Crippen LogP contribution in [0.25, 0.3) is 0 Å². The SMILES string of the molecule is Cc1nc(CO[C@@H](C)C(=O)O)no1. The second-order valence-electron chi connectivity index (χ2n) is 2.52. The van der Waals surface area contributed by atoms with Crippen LogP contribution in [0.2, 0.25) is 0 Å². The van der Waals surface area contributed by atoms with E-state index in [2.05, 4.69) is 14.7 Å². The van der Waals surface area contributed by atoms with E-state index in [1.807, 2.05) is 0 Å². The third-order valence-electron chi connectivity index (χ3n) is 1.38. The van der Waals surface area contributed by atoms with Crippen molar-refractivity contribution < 1.29 is 19.2 Å². The number of ether oxygens (including phenoxy) is 1. The van der Waals surface area contributed by atoms with Crippen LogP contribution in [0.1, 0.15) is 18.6 Å². The van der Waals surface area contributed by atoms with Gasteiger partial charge < -0.3 is 14.4 Å². The molecule has 0 fully saturated rings. The largest absolute Gasteiger partial charge is 0.479 e. The molecule has 6 heteroatoms. The monoisotopic (exact) mass is 186 g/mol. The molecule has 0 saturated heterocycles. The normalized spacial score (nSPS) is 12.8. The molecule has 1 atom stereocenters. The molecule has 0 spiro atoms. The van der Waals surface area contributed by atoms with Crippen molar-refractivity contribution in [3.05, 3.63) is 11.7 Å². The molecular weight excluding hydrogens is 176 g/mol. The van der Waals surface area contributed by atoms with Crippen molar-refractivity contribution in [1.82, 2.24) is 10.1 Å². The number of nitrogens with zero attached hydrogens (tertiary/aromatic N) is 2. The molecule has 1 aromatic rings. The maximum atomic E-state index is 10.3. The van der Waals surface area contributed by atoms with E-state index in [4.69, 9.17) is 9.84 Å². The third kappa shape index (κ3) is 2.83. The first-order chi connectivity index (χ1) is 6.09. The van der Waals surface area contributed by atoms with Crippen molar-refractivity contribution in [2.45, 2.75) is 26.6 Å². The molecule has 0 unspecified atom stereocenters. The lowest BCUT2D eigenvalue weighted by atomic mass is 10.4. The topological polar surface area (TPSA) is 85.5 Å². The van der Waals surface area contributed by atoms with Crippen LogP contribution in [0.15, 0.2) is 4.52 Å². The fraction of sp³-hybridized carbons (Fsp3) is 0.571. The van der Waals surface area contributed by atoms with Crippen LogP contribution in [0.5, 0.6) is 0 Å². The van der Waals surface area contributed by atoms with Crippen molar-refractivity contribution in [2.75, 3.05) is 0 Å². The Balaban J connectivity index is 2.39. The fourth-order valence-electron chi connectivity index (χ4n) is 0.671. The van der Waals surface area contributed by atoms with Gasteiger partial charge in [-0.2, -0.15) is 4.98 Å². The lowest BCUT2D eigenvalue weighted by molar-refractivity contribution is -0.150. The van der Waals surface area contributed by atoms with E-state index in [1.165, 1.54) is 6.92 Å². The second-order valence-corrected chi connectivity index (χ2v) is 2.52. The third-order valence-corrected chi connectivity index (χ3v) is 1.38. The summed E-state index contributed by atoms with van der Waals surface area (Å²) in [5, 5.41) is 12.0. The van der Waals surface area contributed by atoms with Gasteiger partial charge >= 0.3 is 5.97 Å². The first kappa shape index (κ1) is 9.66. The summed E-state index contributed by atoms with van der Waals surface area (Å²) in [4.78, 5) is 14.2. The van der Waals surface area contributed by atoms with E-state index in [0.29, 0.717) is 11.7 Å².